The molecule has 186 valence electrons. The predicted molar refractivity (Wildman–Crippen MR) is 125 cm³/mol. The van der Waals surface area contributed by atoms with Crippen LogP contribution in [0.1, 0.15) is 23.2 Å². The minimum atomic E-state index is -3.72. The first kappa shape index (κ1) is 24.8. The summed E-state index contributed by atoms with van der Waals surface area (Å²) in [5, 5.41) is 5.61. The van der Waals surface area contributed by atoms with Gasteiger partial charge >= 0.3 is 0 Å². The summed E-state index contributed by atoms with van der Waals surface area (Å²) < 4.78 is 39.0. The molecule has 3 saturated heterocycles. The normalized spacial score (nSPS) is 25.9. The second-order valence-corrected chi connectivity index (χ2v) is 10.7. The van der Waals surface area contributed by atoms with E-state index in [0.717, 1.165) is 19.6 Å². The summed E-state index contributed by atoms with van der Waals surface area (Å²) in [6.07, 6.45) is 1.82. The number of benzene rings is 1. The predicted octanol–water partition coefficient (Wildman–Crippen LogP) is 0.176. The van der Waals surface area contributed by atoms with E-state index < -0.39 is 16.3 Å². The molecule has 4 rings (SSSR count). The zero-order valence-corrected chi connectivity index (χ0v) is 20.0. The van der Waals surface area contributed by atoms with E-state index in [1.165, 1.54) is 34.6 Å². The fourth-order valence-electron chi connectivity index (χ4n) is 4.61. The number of fused-ring (bicyclic) bond motifs is 1. The van der Waals surface area contributed by atoms with E-state index in [4.69, 9.17) is 9.47 Å². The lowest BCUT2D eigenvalue weighted by molar-refractivity contribution is -0.120. The summed E-state index contributed by atoms with van der Waals surface area (Å²) in [6.45, 7) is 8.46. The number of amides is 2. The molecule has 0 bridgehead atoms. The van der Waals surface area contributed by atoms with Gasteiger partial charge in [-0.3, -0.25) is 14.5 Å². The number of carbonyl (C=O) groups excluding carboxylic acids is 2. The molecule has 11 heteroatoms. The van der Waals surface area contributed by atoms with Crippen LogP contribution < -0.4 is 10.6 Å². The van der Waals surface area contributed by atoms with E-state index in [9.17, 15) is 18.0 Å². The first-order chi connectivity index (χ1) is 16.4. The zero-order chi connectivity index (χ0) is 24.1. The second kappa shape index (κ2) is 11.0. The largest absolute Gasteiger partial charge is 0.379 e. The molecule has 3 aliphatic rings. The maximum atomic E-state index is 13.2. The molecular weight excluding hydrogens is 460 g/mol. The molecule has 0 saturated carbocycles. The van der Waals surface area contributed by atoms with Gasteiger partial charge in [-0.2, -0.15) is 4.31 Å². The van der Waals surface area contributed by atoms with Gasteiger partial charge in [-0.25, -0.2) is 8.42 Å². The molecule has 3 atom stereocenters. The maximum absolute atomic E-state index is 13.2. The van der Waals surface area contributed by atoms with Crippen LogP contribution in [0.3, 0.4) is 0 Å². The third-order valence-corrected chi connectivity index (χ3v) is 8.45. The molecule has 3 heterocycles. The van der Waals surface area contributed by atoms with Crippen LogP contribution in [0.2, 0.25) is 0 Å². The number of carbonyl (C=O) groups is 2. The summed E-state index contributed by atoms with van der Waals surface area (Å²) in [7, 11) is -3.72. The minimum Gasteiger partial charge on any atom is -0.379 e. The van der Waals surface area contributed by atoms with Crippen LogP contribution in [-0.2, 0) is 24.3 Å². The molecule has 34 heavy (non-hydrogen) atoms. The number of nitrogens with one attached hydrogen (secondary N) is 2. The number of piperidine rings is 1. The Balaban J connectivity index is 1.30. The van der Waals surface area contributed by atoms with E-state index in [2.05, 4.69) is 22.1 Å². The van der Waals surface area contributed by atoms with E-state index in [1.54, 1.807) is 0 Å². The molecule has 3 aliphatic heterocycles. The summed E-state index contributed by atoms with van der Waals surface area (Å²) in [5.41, 5.74) is 0.416. The number of rotatable bonds is 8. The Morgan fingerprint density at radius 2 is 1.88 bits per heavy atom. The molecule has 3 unspecified atom stereocenters. The third-order valence-electron chi connectivity index (χ3n) is 6.57. The molecule has 0 aromatic heterocycles. The van der Waals surface area contributed by atoms with Gasteiger partial charge in [0.15, 0.2) is 0 Å². The highest BCUT2D eigenvalue weighted by molar-refractivity contribution is 7.89. The van der Waals surface area contributed by atoms with Crippen LogP contribution in [0, 0.1) is 5.92 Å². The van der Waals surface area contributed by atoms with Gasteiger partial charge in [-0.15, -0.1) is 0 Å². The zero-order valence-electron chi connectivity index (χ0n) is 19.1. The van der Waals surface area contributed by atoms with Gasteiger partial charge < -0.3 is 20.1 Å². The number of morpholine rings is 1. The van der Waals surface area contributed by atoms with Crippen molar-refractivity contribution in [1.29, 1.82) is 0 Å². The molecule has 0 aliphatic carbocycles. The summed E-state index contributed by atoms with van der Waals surface area (Å²) in [4.78, 5) is 26.3. The number of sulfonamides is 1. The molecule has 2 amide bonds. The molecule has 3 fully saturated rings. The molecule has 0 radical (unpaired) electrons. The fraction of sp³-hybridized carbons (Fsp3) is 0.565. The molecule has 10 nitrogen and oxygen atoms in total. The van der Waals surface area contributed by atoms with Crippen LogP contribution in [0.4, 0.5) is 0 Å². The summed E-state index contributed by atoms with van der Waals surface area (Å²) >= 11 is 0. The number of hydrogen-bond acceptors (Lipinski definition) is 7. The number of hydrogen-bond donors (Lipinski definition) is 2. The Labute approximate surface area is 200 Å². The SMILES string of the molecule is C=CC(=O)NC1CC2CCN(S(=O)(=O)c3ccc(C(=O)NCCN4CCOCC4)cc3)CC2O1. The Morgan fingerprint density at radius 3 is 2.59 bits per heavy atom. The van der Waals surface area contributed by atoms with Gasteiger partial charge in [-0.1, -0.05) is 6.58 Å². The first-order valence-electron chi connectivity index (χ1n) is 11.6. The van der Waals surface area contributed by atoms with Crippen molar-refractivity contribution in [3.05, 3.63) is 42.5 Å². The van der Waals surface area contributed by atoms with E-state index >= 15 is 0 Å². The quantitative estimate of drug-likeness (QED) is 0.497. The molecule has 1 aromatic carbocycles. The lowest BCUT2D eigenvalue weighted by Crippen LogP contribution is -2.45. The monoisotopic (exact) mass is 492 g/mol. The van der Waals surface area contributed by atoms with Crippen LogP contribution in [0.25, 0.3) is 0 Å². The Morgan fingerprint density at radius 1 is 1.15 bits per heavy atom. The van der Waals surface area contributed by atoms with Crippen LogP contribution in [0.15, 0.2) is 41.8 Å². The van der Waals surface area contributed by atoms with E-state index in [1.807, 2.05) is 0 Å². The van der Waals surface area contributed by atoms with Gasteiger partial charge in [0.05, 0.1) is 24.2 Å². The van der Waals surface area contributed by atoms with E-state index in [-0.39, 0.29) is 35.3 Å². The average molecular weight is 493 g/mol. The van der Waals surface area contributed by atoms with Crippen LogP contribution in [0.5, 0.6) is 0 Å². The smallest absolute Gasteiger partial charge is 0.251 e. The second-order valence-electron chi connectivity index (χ2n) is 8.76. The third kappa shape index (κ3) is 5.84. The maximum Gasteiger partial charge on any atom is 0.251 e. The number of ether oxygens (including phenoxy) is 2. The van der Waals surface area contributed by atoms with Gasteiger partial charge in [-0.05, 0) is 49.1 Å². The van der Waals surface area contributed by atoms with Crippen LogP contribution >= 0.6 is 0 Å². The van der Waals surface area contributed by atoms with Crippen molar-refractivity contribution >= 4 is 21.8 Å². The van der Waals surface area contributed by atoms with Gasteiger partial charge in [0, 0.05) is 44.8 Å². The molecular formula is C23H32N4O6S. The van der Waals surface area contributed by atoms with E-state index in [0.29, 0.717) is 44.7 Å². The lowest BCUT2D eigenvalue weighted by atomic mass is 9.94. The van der Waals surface area contributed by atoms with Crippen molar-refractivity contribution in [3.63, 3.8) is 0 Å². The van der Waals surface area contributed by atoms with Crippen molar-refractivity contribution in [2.45, 2.75) is 30.1 Å². The molecule has 2 N–H and O–H groups in total. The number of nitrogens with zero attached hydrogens (tertiary/aromatic N) is 2. The summed E-state index contributed by atoms with van der Waals surface area (Å²) in [6, 6.07) is 6.02. The van der Waals surface area contributed by atoms with Crippen molar-refractivity contribution < 1.29 is 27.5 Å². The van der Waals surface area contributed by atoms with Gasteiger partial charge in [0.25, 0.3) is 5.91 Å². The van der Waals surface area contributed by atoms with Crippen LogP contribution in [-0.4, -0.2) is 94.3 Å². The summed E-state index contributed by atoms with van der Waals surface area (Å²) in [5.74, 6) is -0.339. The Kier molecular flexibility index (Phi) is 7.99. The highest BCUT2D eigenvalue weighted by Gasteiger charge is 2.42. The standard InChI is InChI=1S/C23H32N4O6S/c1-2-21(28)25-22-15-18-7-9-27(16-20(18)33-22)34(30,31)19-5-3-17(4-6-19)23(29)24-8-10-26-11-13-32-14-12-26/h2-6,18,20,22H,1,7-16H2,(H,24,29)(H,25,28). The minimum absolute atomic E-state index is 0.144. The average Bonchev–Trinajstić information content (AvgIpc) is 3.26. The highest BCUT2D eigenvalue weighted by Crippen LogP contribution is 2.34. The van der Waals surface area contributed by atoms with Gasteiger partial charge in [0.1, 0.15) is 6.23 Å². The first-order valence-corrected chi connectivity index (χ1v) is 13.1. The van der Waals surface area contributed by atoms with Crippen molar-refractivity contribution in [2.75, 3.05) is 52.5 Å². The van der Waals surface area contributed by atoms with Crippen molar-refractivity contribution in [2.24, 2.45) is 5.92 Å². The Hall–Kier alpha value is -2.31. The Bertz CT molecular complexity index is 993. The lowest BCUT2D eigenvalue weighted by Gasteiger charge is -2.33. The molecule has 1 aromatic rings. The molecule has 0 spiro atoms. The fourth-order valence-corrected chi connectivity index (χ4v) is 6.08. The van der Waals surface area contributed by atoms with Crippen molar-refractivity contribution in [3.8, 4) is 0 Å². The highest BCUT2D eigenvalue weighted by atomic mass is 32.2. The van der Waals surface area contributed by atoms with Gasteiger partial charge in [0.2, 0.25) is 15.9 Å². The van der Waals surface area contributed by atoms with Crippen molar-refractivity contribution in [1.82, 2.24) is 19.8 Å². The topological polar surface area (TPSA) is 117 Å².